The fraction of sp³-hybridized carbons (Fsp3) is 0.467. The number of hydrogen-bond acceptors (Lipinski definition) is 2. The maximum Gasteiger partial charge on any atom is 0.122 e. The molecule has 0 saturated carbocycles. The third-order valence-corrected chi connectivity index (χ3v) is 2.06. The van der Waals surface area contributed by atoms with Gasteiger partial charge in [0, 0.05) is 0 Å². The predicted octanol–water partition coefficient (Wildman–Crippen LogP) is 4.41. The molecule has 2 aromatic rings. The van der Waals surface area contributed by atoms with Gasteiger partial charge in [-0.05, 0) is 25.1 Å². The molecule has 2 nitrogen and oxygen atoms in total. The number of nitrogens with zero attached hydrogens (tertiary/aromatic N) is 2. The normalized spacial score (nSPS) is 8.39. The summed E-state index contributed by atoms with van der Waals surface area (Å²) in [6, 6.07) is 7.31. The Bertz CT molecular complexity index is 462. The van der Waals surface area contributed by atoms with Crippen molar-refractivity contribution < 1.29 is 0 Å². The van der Waals surface area contributed by atoms with Crippen LogP contribution in [-0.2, 0) is 0 Å². The smallest absolute Gasteiger partial charge is 0.122 e. The van der Waals surface area contributed by atoms with Crippen LogP contribution in [0.1, 0.15) is 44.8 Å². The van der Waals surface area contributed by atoms with Crippen molar-refractivity contribution in [2.75, 3.05) is 0 Å². The van der Waals surface area contributed by atoms with E-state index in [9.17, 15) is 0 Å². The Hall–Kier alpha value is -2.44. The van der Waals surface area contributed by atoms with Gasteiger partial charge in [0.2, 0.25) is 0 Å². The van der Waals surface area contributed by atoms with Crippen LogP contribution in [0, 0.1) is 26.8 Å². The van der Waals surface area contributed by atoms with Gasteiger partial charge in [0.1, 0.15) is 5.82 Å². The summed E-state index contributed by atoms with van der Waals surface area (Å²) in [5.41, 5.74) is 3.06. The van der Waals surface area contributed by atoms with Crippen molar-refractivity contribution in [3.05, 3.63) is 35.3 Å². The fourth-order valence-electron chi connectivity index (χ4n) is 1.45. The zero-order valence-corrected chi connectivity index (χ0v) is 19.2. The Balaban J connectivity index is 0. The van der Waals surface area contributed by atoms with Gasteiger partial charge in [-0.15, -0.1) is 0 Å². The van der Waals surface area contributed by atoms with Gasteiger partial charge in [0.05, 0.1) is 0 Å². The minimum Gasteiger partial charge on any atom is -0.260 e. The third kappa shape index (κ3) is 4.20. The summed E-state index contributed by atoms with van der Waals surface area (Å²) in [6.07, 6.45) is 0. The van der Waals surface area contributed by atoms with Gasteiger partial charge in [-0.1, -0.05) is 40.0 Å². The van der Waals surface area contributed by atoms with Crippen molar-refractivity contribution in [3.63, 3.8) is 0 Å². The van der Waals surface area contributed by atoms with Gasteiger partial charge in [-0.2, -0.15) is 23.8 Å². The SMILES string of the molecule is CC.CC.Cc1[c-]c2nc(C)nc(C)c2cc1.[Rf]. The van der Waals surface area contributed by atoms with Gasteiger partial charge in [-0.25, -0.2) is 0 Å². The van der Waals surface area contributed by atoms with E-state index in [1.54, 1.807) is 0 Å². The number of aromatic nitrogens is 2. The number of benzene rings is 1. The largest absolute Gasteiger partial charge is 0.260 e. The summed E-state index contributed by atoms with van der Waals surface area (Å²) in [5.74, 6) is 0.812. The van der Waals surface area contributed by atoms with Crippen LogP contribution in [0.4, 0.5) is 0 Å². The predicted molar refractivity (Wildman–Crippen MR) is 75.3 cm³/mol. The minimum absolute atomic E-state index is 0. The van der Waals surface area contributed by atoms with Crippen LogP contribution in [0.3, 0.4) is 0 Å². The maximum absolute atomic E-state index is 4.33. The number of fused-ring (bicyclic) bond motifs is 1. The van der Waals surface area contributed by atoms with E-state index in [1.165, 1.54) is 0 Å². The molecule has 0 aliphatic heterocycles. The topological polar surface area (TPSA) is 25.8 Å². The number of rotatable bonds is 0. The Morgan fingerprint density at radius 1 is 0.889 bits per heavy atom. The summed E-state index contributed by atoms with van der Waals surface area (Å²) in [7, 11) is 0. The van der Waals surface area contributed by atoms with Crippen molar-refractivity contribution in [2.24, 2.45) is 0 Å². The monoisotopic (exact) mass is 498 g/mol. The van der Waals surface area contributed by atoms with Crippen molar-refractivity contribution >= 4 is 10.9 Å². The summed E-state index contributed by atoms with van der Waals surface area (Å²) in [6.45, 7) is 13.9. The van der Waals surface area contributed by atoms with Crippen LogP contribution in [0.25, 0.3) is 10.9 Å². The van der Waals surface area contributed by atoms with E-state index >= 15 is 0 Å². The summed E-state index contributed by atoms with van der Waals surface area (Å²) >= 11 is 0. The molecule has 3 heteroatoms. The molecule has 1 aromatic carbocycles. The van der Waals surface area contributed by atoms with Crippen LogP contribution in [0.15, 0.2) is 12.1 Å². The second-order valence-corrected chi connectivity index (χ2v) is 3.26. The van der Waals surface area contributed by atoms with E-state index in [4.69, 9.17) is 0 Å². The molecule has 1 heterocycles. The average molecular weight is 498 g/mol. The second kappa shape index (κ2) is 8.68. The van der Waals surface area contributed by atoms with Gasteiger partial charge < -0.3 is 0 Å². The standard InChI is InChI=1S/C11H11N2.2C2H6.Rf/c1-7-4-5-10-8(2)12-9(3)13-11(10)6-7;2*1-2;/h4-5H,1-3H3;2*1-2H3;/q-1;;;. The molecule has 96 valence electrons. The zero-order chi connectivity index (χ0) is 13.4. The first-order chi connectivity index (χ1) is 8.16. The number of hydrogen-bond donors (Lipinski definition) is 0. The molecule has 0 N–H and O–H groups in total. The molecule has 1 aromatic heterocycles. The molecule has 0 amide bonds. The van der Waals surface area contributed by atoms with E-state index < -0.39 is 0 Å². The molecule has 0 spiro atoms. The summed E-state index contributed by atoms with van der Waals surface area (Å²) < 4.78 is 0. The molecule has 0 saturated heterocycles. The van der Waals surface area contributed by atoms with Gasteiger partial charge >= 0.3 is 0 Å². The average Bonchev–Trinajstić information content (AvgIpc) is 2.33. The Labute approximate surface area is 105 Å². The molecule has 0 aliphatic carbocycles. The summed E-state index contributed by atoms with van der Waals surface area (Å²) in [4.78, 5) is 8.63. The maximum atomic E-state index is 4.33. The fourth-order valence-corrected chi connectivity index (χ4v) is 1.45. The quantitative estimate of drug-likeness (QED) is 0.504. The zero-order valence-electron chi connectivity index (χ0n) is 12.8. The van der Waals surface area contributed by atoms with E-state index in [2.05, 4.69) is 22.1 Å². The van der Waals surface area contributed by atoms with E-state index in [0.717, 1.165) is 28.0 Å². The summed E-state index contributed by atoms with van der Waals surface area (Å²) in [5, 5.41) is 1.09. The molecule has 18 heavy (non-hydrogen) atoms. The van der Waals surface area contributed by atoms with Crippen LogP contribution < -0.4 is 0 Å². The first kappa shape index (κ1) is 17.9. The Kier molecular flexibility index (Phi) is 8.65. The molecule has 0 atom stereocenters. The Morgan fingerprint density at radius 3 is 2.00 bits per heavy atom. The molecular formula is C15H23N2Rf-. The van der Waals surface area contributed by atoms with Crippen LogP contribution in [0.5, 0.6) is 0 Å². The first-order valence-electron chi connectivity index (χ1n) is 6.31. The third-order valence-electron chi connectivity index (χ3n) is 2.06. The van der Waals surface area contributed by atoms with Gasteiger partial charge in [0.25, 0.3) is 0 Å². The molecule has 0 aliphatic rings. The van der Waals surface area contributed by atoms with E-state index in [1.807, 2.05) is 54.5 Å². The van der Waals surface area contributed by atoms with Crippen LogP contribution >= 0.6 is 0 Å². The van der Waals surface area contributed by atoms with Crippen molar-refractivity contribution in [2.45, 2.75) is 48.5 Å². The molecule has 0 radical (unpaired) electrons. The van der Waals surface area contributed by atoms with Gasteiger partial charge in [0.15, 0.2) is 0 Å². The van der Waals surface area contributed by atoms with E-state index in [-0.39, 0.29) is 0 Å². The Morgan fingerprint density at radius 2 is 1.44 bits per heavy atom. The van der Waals surface area contributed by atoms with Gasteiger partial charge in [-0.3, -0.25) is 9.97 Å². The van der Waals surface area contributed by atoms with Crippen molar-refractivity contribution in [1.82, 2.24) is 9.97 Å². The minimum atomic E-state index is 0. The molecule has 0 unspecified atom stereocenters. The van der Waals surface area contributed by atoms with E-state index in [0.29, 0.717) is 0 Å². The number of aryl methyl sites for hydroxylation is 3. The second-order valence-electron chi connectivity index (χ2n) is 3.26. The molecule has 2 rings (SSSR count). The first-order valence-corrected chi connectivity index (χ1v) is 6.31. The molecular weight excluding hydrogens is 475 g/mol. The van der Waals surface area contributed by atoms with Crippen LogP contribution in [-0.4, -0.2) is 9.97 Å². The van der Waals surface area contributed by atoms with Crippen molar-refractivity contribution in [3.8, 4) is 0 Å². The van der Waals surface area contributed by atoms with Crippen molar-refractivity contribution in [1.29, 1.82) is 0 Å². The molecule has 0 fully saturated rings. The molecule has 0 bridgehead atoms. The van der Waals surface area contributed by atoms with Crippen LogP contribution in [0.2, 0.25) is 0 Å².